The molecule has 4 heteroatoms. The molecule has 1 unspecified atom stereocenters. The number of hydrogen-bond donors (Lipinski definition) is 3. The van der Waals surface area contributed by atoms with E-state index in [-0.39, 0.29) is 6.61 Å². The van der Waals surface area contributed by atoms with Crippen molar-refractivity contribution in [3.05, 3.63) is 0 Å². The first-order chi connectivity index (χ1) is 5.81. The van der Waals surface area contributed by atoms with E-state index in [9.17, 15) is 0 Å². The molecule has 0 spiro atoms. The Morgan fingerprint density at radius 2 is 2.17 bits per heavy atom. The molecule has 0 bridgehead atoms. The zero-order valence-electron chi connectivity index (χ0n) is 7.62. The molecule has 0 saturated heterocycles. The zero-order valence-corrected chi connectivity index (χ0v) is 7.62. The molecule has 0 aliphatic rings. The third-order valence-electron chi connectivity index (χ3n) is 1.37. The molecule has 74 valence electrons. The Morgan fingerprint density at radius 1 is 1.42 bits per heavy atom. The molecular formula is C8H19NO3. The monoisotopic (exact) mass is 177 g/mol. The quantitative estimate of drug-likeness (QED) is 0.352. The van der Waals surface area contributed by atoms with Gasteiger partial charge in [-0.2, -0.15) is 0 Å². The lowest BCUT2D eigenvalue weighted by Gasteiger charge is -2.10. The van der Waals surface area contributed by atoms with Crippen LogP contribution in [0.15, 0.2) is 0 Å². The summed E-state index contributed by atoms with van der Waals surface area (Å²) in [6.45, 7) is 3.97. The summed E-state index contributed by atoms with van der Waals surface area (Å²) in [5, 5.41) is 20.5. The molecule has 0 radical (unpaired) electrons. The second kappa shape index (κ2) is 8.93. The zero-order chi connectivity index (χ0) is 9.23. The number of rotatable bonds is 8. The lowest BCUT2D eigenvalue weighted by atomic mass is 10.4. The maximum atomic E-state index is 9.15. The Balaban J connectivity index is 3.02. The highest BCUT2D eigenvalue weighted by Crippen LogP contribution is 1.93. The van der Waals surface area contributed by atoms with E-state index < -0.39 is 6.29 Å². The van der Waals surface area contributed by atoms with E-state index in [1.807, 2.05) is 6.92 Å². The van der Waals surface area contributed by atoms with Crippen LogP contribution in [0.4, 0.5) is 0 Å². The van der Waals surface area contributed by atoms with Crippen LogP contribution in [0, 0.1) is 0 Å². The van der Waals surface area contributed by atoms with Crippen molar-refractivity contribution in [1.29, 1.82) is 0 Å². The Bertz CT molecular complexity index is 90.4. The van der Waals surface area contributed by atoms with Crippen LogP contribution < -0.4 is 5.32 Å². The largest absolute Gasteiger partial charge is 0.395 e. The van der Waals surface area contributed by atoms with Crippen LogP contribution in [0.25, 0.3) is 0 Å². The molecule has 12 heavy (non-hydrogen) atoms. The van der Waals surface area contributed by atoms with Crippen molar-refractivity contribution >= 4 is 0 Å². The van der Waals surface area contributed by atoms with Crippen LogP contribution in [0.5, 0.6) is 0 Å². The number of aliphatic hydroxyl groups excluding tert-OH is 2. The van der Waals surface area contributed by atoms with Crippen LogP contribution in [0.1, 0.15) is 19.8 Å². The summed E-state index contributed by atoms with van der Waals surface area (Å²) in [6, 6.07) is 0. The summed E-state index contributed by atoms with van der Waals surface area (Å²) >= 11 is 0. The Hall–Kier alpha value is -0.160. The summed E-state index contributed by atoms with van der Waals surface area (Å²) < 4.78 is 5.02. The van der Waals surface area contributed by atoms with Crippen LogP contribution in [0.3, 0.4) is 0 Å². The van der Waals surface area contributed by atoms with E-state index in [1.54, 1.807) is 0 Å². The molecule has 0 aromatic rings. The second-order valence-corrected chi connectivity index (χ2v) is 2.59. The smallest absolute Gasteiger partial charge is 0.155 e. The molecule has 0 aromatic heterocycles. The van der Waals surface area contributed by atoms with Gasteiger partial charge in [0.15, 0.2) is 6.29 Å². The van der Waals surface area contributed by atoms with Gasteiger partial charge in [-0.25, -0.2) is 0 Å². The van der Waals surface area contributed by atoms with Crippen molar-refractivity contribution in [3.8, 4) is 0 Å². The van der Waals surface area contributed by atoms with Gasteiger partial charge in [-0.15, -0.1) is 0 Å². The maximum absolute atomic E-state index is 9.15. The molecule has 0 aliphatic carbocycles. The van der Waals surface area contributed by atoms with E-state index in [4.69, 9.17) is 14.9 Å². The minimum absolute atomic E-state index is 0.131. The van der Waals surface area contributed by atoms with Crippen molar-refractivity contribution in [2.24, 2.45) is 0 Å². The molecule has 0 aliphatic heterocycles. The molecule has 0 amide bonds. The van der Waals surface area contributed by atoms with Gasteiger partial charge in [0.05, 0.1) is 6.61 Å². The average molecular weight is 177 g/mol. The Morgan fingerprint density at radius 3 is 2.75 bits per heavy atom. The predicted octanol–water partition coefficient (Wildman–Crippen LogP) is -0.297. The SMILES string of the molecule is CCCOC(O)CCNCCO. The fourth-order valence-corrected chi connectivity index (χ4v) is 0.767. The second-order valence-electron chi connectivity index (χ2n) is 2.59. The highest BCUT2D eigenvalue weighted by molar-refractivity contribution is 4.48. The Labute approximate surface area is 73.5 Å². The minimum atomic E-state index is -0.670. The first-order valence-electron chi connectivity index (χ1n) is 4.42. The standard InChI is InChI=1S/C8H19NO3/c1-2-7-12-8(11)3-4-9-5-6-10/h8-11H,2-7H2,1H3. The lowest BCUT2D eigenvalue weighted by Crippen LogP contribution is -2.24. The fourth-order valence-electron chi connectivity index (χ4n) is 0.767. The molecule has 1 atom stereocenters. The van der Waals surface area contributed by atoms with Gasteiger partial charge in [0, 0.05) is 26.1 Å². The summed E-state index contributed by atoms with van der Waals surface area (Å²) in [6.07, 6.45) is 0.817. The third-order valence-corrected chi connectivity index (χ3v) is 1.37. The molecular weight excluding hydrogens is 158 g/mol. The van der Waals surface area contributed by atoms with E-state index in [2.05, 4.69) is 5.32 Å². The van der Waals surface area contributed by atoms with Crippen molar-refractivity contribution in [1.82, 2.24) is 5.32 Å². The predicted molar refractivity (Wildman–Crippen MR) is 46.8 cm³/mol. The average Bonchev–Trinajstić information content (AvgIpc) is 2.09. The van der Waals surface area contributed by atoms with Crippen LogP contribution in [-0.2, 0) is 4.74 Å². The number of aliphatic hydroxyl groups is 2. The van der Waals surface area contributed by atoms with Crippen molar-refractivity contribution in [3.63, 3.8) is 0 Å². The molecule has 0 saturated carbocycles. The highest BCUT2D eigenvalue weighted by atomic mass is 16.6. The normalized spacial score (nSPS) is 13.2. The van der Waals surface area contributed by atoms with E-state index in [0.717, 1.165) is 6.42 Å². The van der Waals surface area contributed by atoms with Crippen LogP contribution >= 0.6 is 0 Å². The minimum Gasteiger partial charge on any atom is -0.395 e. The van der Waals surface area contributed by atoms with Gasteiger partial charge in [-0.3, -0.25) is 0 Å². The maximum Gasteiger partial charge on any atom is 0.155 e. The topological polar surface area (TPSA) is 61.7 Å². The molecule has 3 N–H and O–H groups in total. The number of hydrogen-bond acceptors (Lipinski definition) is 4. The summed E-state index contributed by atoms with van der Waals surface area (Å²) in [4.78, 5) is 0. The van der Waals surface area contributed by atoms with Crippen molar-refractivity contribution in [2.75, 3.05) is 26.3 Å². The lowest BCUT2D eigenvalue weighted by molar-refractivity contribution is -0.102. The van der Waals surface area contributed by atoms with Crippen molar-refractivity contribution < 1.29 is 14.9 Å². The summed E-state index contributed by atoms with van der Waals surface area (Å²) in [5.74, 6) is 0. The molecule has 4 nitrogen and oxygen atoms in total. The number of ether oxygens (including phenoxy) is 1. The third kappa shape index (κ3) is 7.94. The van der Waals surface area contributed by atoms with Gasteiger partial charge in [0.2, 0.25) is 0 Å². The molecule has 0 rings (SSSR count). The van der Waals surface area contributed by atoms with Crippen LogP contribution in [-0.4, -0.2) is 42.8 Å². The van der Waals surface area contributed by atoms with Gasteiger partial charge < -0.3 is 20.3 Å². The first-order valence-corrected chi connectivity index (χ1v) is 4.42. The van der Waals surface area contributed by atoms with Gasteiger partial charge in [0.25, 0.3) is 0 Å². The van der Waals surface area contributed by atoms with Gasteiger partial charge in [-0.05, 0) is 6.42 Å². The van der Waals surface area contributed by atoms with E-state index in [0.29, 0.717) is 26.1 Å². The van der Waals surface area contributed by atoms with Gasteiger partial charge in [-0.1, -0.05) is 6.92 Å². The fraction of sp³-hybridized carbons (Fsp3) is 1.00. The van der Waals surface area contributed by atoms with E-state index in [1.165, 1.54) is 0 Å². The molecule has 0 fully saturated rings. The van der Waals surface area contributed by atoms with Gasteiger partial charge >= 0.3 is 0 Å². The van der Waals surface area contributed by atoms with Crippen LogP contribution in [0.2, 0.25) is 0 Å². The molecule has 0 aromatic carbocycles. The number of nitrogens with one attached hydrogen (secondary N) is 1. The first kappa shape index (κ1) is 11.8. The summed E-state index contributed by atoms with van der Waals surface area (Å²) in [5.41, 5.74) is 0. The molecule has 0 heterocycles. The van der Waals surface area contributed by atoms with Crippen molar-refractivity contribution in [2.45, 2.75) is 26.1 Å². The van der Waals surface area contributed by atoms with E-state index >= 15 is 0 Å². The summed E-state index contributed by atoms with van der Waals surface area (Å²) in [7, 11) is 0. The Kier molecular flexibility index (Phi) is 8.81. The highest BCUT2D eigenvalue weighted by Gasteiger charge is 2.01. The van der Waals surface area contributed by atoms with Gasteiger partial charge in [0.1, 0.15) is 0 Å².